The summed E-state index contributed by atoms with van der Waals surface area (Å²) < 4.78 is 6.73. The van der Waals surface area contributed by atoms with Crippen LogP contribution in [0.15, 0.2) is 42.5 Å². The average Bonchev–Trinajstić information content (AvgIpc) is 3.07. The van der Waals surface area contributed by atoms with Crippen molar-refractivity contribution in [2.24, 2.45) is 0 Å². The van der Waals surface area contributed by atoms with E-state index in [1.807, 2.05) is 56.3 Å². The first-order valence-electron chi connectivity index (χ1n) is 7.85. The highest BCUT2D eigenvalue weighted by Crippen LogP contribution is 2.15. The third-order valence-corrected chi connectivity index (χ3v) is 3.74. The second-order valence-corrected chi connectivity index (χ2v) is 5.76. The molecular weight excluding hydrogens is 318 g/mol. The lowest BCUT2D eigenvalue weighted by atomic mass is 10.1. The summed E-state index contributed by atoms with van der Waals surface area (Å²) in [5.41, 5.74) is 3.52. The van der Waals surface area contributed by atoms with Gasteiger partial charge in [0, 0.05) is 5.56 Å². The standard InChI is InChI=1S/C18H19N5O2/c1-12-8-13(2)10-14(9-12)18(24)19-11-17-20-21-22-23(17)15-4-6-16(25-3)7-5-15/h4-10H,11H2,1-3H3,(H,19,24). The van der Waals surface area contributed by atoms with Gasteiger partial charge in [-0.2, -0.15) is 4.68 Å². The van der Waals surface area contributed by atoms with Crippen LogP contribution in [0.25, 0.3) is 5.69 Å². The Morgan fingerprint density at radius 3 is 2.44 bits per heavy atom. The minimum absolute atomic E-state index is 0.156. The van der Waals surface area contributed by atoms with E-state index in [1.54, 1.807) is 11.8 Å². The van der Waals surface area contributed by atoms with Crippen molar-refractivity contribution in [1.82, 2.24) is 25.5 Å². The number of amides is 1. The molecule has 7 nitrogen and oxygen atoms in total. The van der Waals surface area contributed by atoms with Crippen molar-refractivity contribution in [3.8, 4) is 11.4 Å². The van der Waals surface area contributed by atoms with Crippen LogP contribution in [0.1, 0.15) is 27.3 Å². The highest BCUT2D eigenvalue weighted by atomic mass is 16.5. The number of aromatic nitrogens is 4. The monoisotopic (exact) mass is 337 g/mol. The molecule has 0 aliphatic heterocycles. The van der Waals surface area contributed by atoms with E-state index in [0.717, 1.165) is 22.6 Å². The molecule has 0 bridgehead atoms. The maximum Gasteiger partial charge on any atom is 0.251 e. The number of hydrogen-bond donors (Lipinski definition) is 1. The number of tetrazole rings is 1. The third kappa shape index (κ3) is 3.82. The molecule has 1 heterocycles. The van der Waals surface area contributed by atoms with Gasteiger partial charge in [-0.3, -0.25) is 4.79 Å². The lowest BCUT2D eigenvalue weighted by Crippen LogP contribution is -2.25. The second-order valence-electron chi connectivity index (χ2n) is 5.76. The van der Waals surface area contributed by atoms with E-state index in [9.17, 15) is 4.79 Å². The van der Waals surface area contributed by atoms with Gasteiger partial charge in [0.25, 0.3) is 5.91 Å². The largest absolute Gasteiger partial charge is 0.497 e. The molecule has 25 heavy (non-hydrogen) atoms. The summed E-state index contributed by atoms with van der Waals surface area (Å²) in [6.45, 7) is 4.16. The number of benzene rings is 2. The van der Waals surface area contributed by atoms with Crippen molar-refractivity contribution in [3.05, 3.63) is 65.0 Å². The number of rotatable bonds is 5. The van der Waals surface area contributed by atoms with Crippen LogP contribution < -0.4 is 10.1 Å². The van der Waals surface area contributed by atoms with Gasteiger partial charge in [-0.05, 0) is 60.7 Å². The zero-order valence-corrected chi connectivity index (χ0v) is 14.4. The number of carbonyl (C=O) groups is 1. The Morgan fingerprint density at radius 2 is 1.80 bits per heavy atom. The number of nitrogens with zero attached hydrogens (tertiary/aromatic N) is 4. The summed E-state index contributed by atoms with van der Waals surface area (Å²) in [6, 6.07) is 13.1. The predicted octanol–water partition coefficient (Wildman–Crippen LogP) is 2.22. The van der Waals surface area contributed by atoms with Crippen molar-refractivity contribution in [2.45, 2.75) is 20.4 Å². The van der Waals surface area contributed by atoms with Crippen molar-refractivity contribution in [3.63, 3.8) is 0 Å². The molecule has 128 valence electrons. The third-order valence-electron chi connectivity index (χ3n) is 3.74. The topological polar surface area (TPSA) is 81.9 Å². The van der Waals surface area contributed by atoms with Crippen molar-refractivity contribution in [2.75, 3.05) is 7.11 Å². The van der Waals surface area contributed by atoms with E-state index in [1.165, 1.54) is 0 Å². The van der Waals surface area contributed by atoms with Crippen LogP contribution in [0.4, 0.5) is 0 Å². The number of aryl methyl sites for hydroxylation is 2. The van der Waals surface area contributed by atoms with Crippen LogP contribution >= 0.6 is 0 Å². The summed E-state index contributed by atoms with van der Waals surface area (Å²) in [5, 5.41) is 14.5. The quantitative estimate of drug-likeness (QED) is 0.772. The van der Waals surface area contributed by atoms with E-state index in [4.69, 9.17) is 4.74 Å². The molecule has 1 aromatic heterocycles. The van der Waals surface area contributed by atoms with Gasteiger partial charge in [-0.25, -0.2) is 0 Å². The Morgan fingerprint density at radius 1 is 1.12 bits per heavy atom. The zero-order chi connectivity index (χ0) is 17.8. The molecule has 1 amide bonds. The van der Waals surface area contributed by atoms with Gasteiger partial charge in [0.1, 0.15) is 5.75 Å². The van der Waals surface area contributed by atoms with E-state index >= 15 is 0 Å². The normalized spacial score (nSPS) is 10.5. The minimum atomic E-state index is -0.156. The summed E-state index contributed by atoms with van der Waals surface area (Å²) >= 11 is 0. The fourth-order valence-corrected chi connectivity index (χ4v) is 2.61. The smallest absolute Gasteiger partial charge is 0.251 e. The van der Waals surface area contributed by atoms with Gasteiger partial charge < -0.3 is 10.1 Å². The van der Waals surface area contributed by atoms with E-state index in [-0.39, 0.29) is 12.5 Å². The Kier molecular flexibility index (Phi) is 4.74. The zero-order valence-electron chi connectivity index (χ0n) is 14.4. The summed E-state index contributed by atoms with van der Waals surface area (Å²) in [5.74, 6) is 1.14. The lowest BCUT2D eigenvalue weighted by Gasteiger charge is -2.08. The van der Waals surface area contributed by atoms with Crippen molar-refractivity contribution in [1.29, 1.82) is 0 Å². The molecule has 2 aromatic carbocycles. The summed E-state index contributed by atoms with van der Waals surface area (Å²) in [7, 11) is 1.61. The first-order chi connectivity index (χ1) is 12.1. The van der Waals surface area contributed by atoms with Crippen LogP contribution in [-0.4, -0.2) is 33.2 Å². The highest BCUT2D eigenvalue weighted by molar-refractivity contribution is 5.94. The van der Waals surface area contributed by atoms with Crippen LogP contribution in [0, 0.1) is 13.8 Å². The van der Waals surface area contributed by atoms with Gasteiger partial charge in [-0.15, -0.1) is 5.10 Å². The van der Waals surface area contributed by atoms with Gasteiger partial charge >= 0.3 is 0 Å². The summed E-state index contributed by atoms with van der Waals surface area (Å²) in [4.78, 5) is 12.4. The van der Waals surface area contributed by atoms with Crippen LogP contribution in [0.2, 0.25) is 0 Å². The number of carbonyl (C=O) groups excluding carboxylic acids is 1. The van der Waals surface area contributed by atoms with E-state index in [0.29, 0.717) is 11.4 Å². The van der Waals surface area contributed by atoms with Crippen molar-refractivity contribution < 1.29 is 9.53 Å². The SMILES string of the molecule is COc1ccc(-n2nnnc2CNC(=O)c2cc(C)cc(C)c2)cc1. The van der Waals surface area contributed by atoms with E-state index in [2.05, 4.69) is 20.8 Å². The number of hydrogen-bond acceptors (Lipinski definition) is 5. The molecule has 0 radical (unpaired) electrons. The Hall–Kier alpha value is -3.22. The molecule has 0 spiro atoms. The summed E-state index contributed by atoms with van der Waals surface area (Å²) in [6.07, 6.45) is 0. The van der Waals surface area contributed by atoms with Gasteiger partial charge in [0.05, 0.1) is 19.3 Å². The van der Waals surface area contributed by atoms with Crippen LogP contribution in [-0.2, 0) is 6.54 Å². The fraction of sp³-hybridized carbons (Fsp3) is 0.222. The molecule has 1 N–H and O–H groups in total. The number of nitrogens with one attached hydrogen (secondary N) is 1. The molecule has 0 aliphatic rings. The Labute approximate surface area is 145 Å². The molecule has 0 atom stereocenters. The van der Waals surface area contributed by atoms with Crippen molar-refractivity contribution >= 4 is 5.91 Å². The molecule has 3 aromatic rings. The maximum absolute atomic E-state index is 12.4. The molecule has 0 saturated carbocycles. The maximum atomic E-state index is 12.4. The molecular formula is C18H19N5O2. The molecule has 0 fully saturated rings. The van der Waals surface area contributed by atoms with Crippen LogP contribution in [0.3, 0.4) is 0 Å². The number of ether oxygens (including phenoxy) is 1. The Balaban J connectivity index is 1.73. The first kappa shape index (κ1) is 16.6. The fourth-order valence-electron chi connectivity index (χ4n) is 2.61. The molecule has 0 unspecified atom stereocenters. The molecule has 0 aliphatic carbocycles. The van der Waals surface area contributed by atoms with E-state index < -0.39 is 0 Å². The van der Waals surface area contributed by atoms with Gasteiger partial charge in [0.15, 0.2) is 5.82 Å². The lowest BCUT2D eigenvalue weighted by molar-refractivity contribution is 0.0949. The number of methoxy groups -OCH3 is 1. The van der Waals surface area contributed by atoms with Gasteiger partial charge in [0.2, 0.25) is 0 Å². The first-order valence-corrected chi connectivity index (χ1v) is 7.85. The molecule has 0 saturated heterocycles. The van der Waals surface area contributed by atoms with Gasteiger partial charge in [-0.1, -0.05) is 17.2 Å². The Bertz CT molecular complexity index is 866. The average molecular weight is 337 g/mol. The molecule has 7 heteroatoms. The predicted molar refractivity (Wildman–Crippen MR) is 92.8 cm³/mol. The molecule has 3 rings (SSSR count). The second kappa shape index (κ2) is 7.12. The van der Waals surface area contributed by atoms with Crippen LogP contribution in [0.5, 0.6) is 5.75 Å². The minimum Gasteiger partial charge on any atom is -0.497 e. The highest BCUT2D eigenvalue weighted by Gasteiger charge is 2.12.